The lowest BCUT2D eigenvalue weighted by molar-refractivity contribution is -0.00712. The summed E-state index contributed by atoms with van der Waals surface area (Å²) in [6.45, 7) is 6.42. The number of carbonyl (C=O) groups excluding carboxylic acids is 1. The molecule has 0 spiro atoms. The van der Waals surface area contributed by atoms with Gasteiger partial charge < -0.3 is 19.5 Å². The Morgan fingerprint density at radius 2 is 2.00 bits per heavy atom. The van der Waals surface area contributed by atoms with Crippen molar-refractivity contribution in [2.45, 2.75) is 52.5 Å². The van der Waals surface area contributed by atoms with E-state index < -0.39 is 5.82 Å². The van der Waals surface area contributed by atoms with Gasteiger partial charge in [0, 0.05) is 36.7 Å². The second-order valence-electron chi connectivity index (χ2n) is 6.80. The number of benzene rings is 1. The van der Waals surface area contributed by atoms with Gasteiger partial charge in [0.2, 0.25) is 0 Å². The molecule has 8 heteroatoms. The maximum absolute atomic E-state index is 14.3. The van der Waals surface area contributed by atoms with E-state index in [0.717, 1.165) is 11.3 Å². The fourth-order valence-electron chi connectivity index (χ4n) is 3.57. The van der Waals surface area contributed by atoms with Crippen LogP contribution >= 0.6 is 0 Å². The molecule has 2 heterocycles. The number of amides is 1. The molecular formula is C20H26FN3O4. The maximum atomic E-state index is 14.3. The van der Waals surface area contributed by atoms with Crippen molar-refractivity contribution in [1.82, 2.24) is 15.1 Å². The molecule has 0 radical (unpaired) electrons. The molecule has 2 aromatic rings. The van der Waals surface area contributed by atoms with Gasteiger partial charge in [-0.15, -0.1) is 0 Å². The van der Waals surface area contributed by atoms with Gasteiger partial charge in [0.1, 0.15) is 11.5 Å². The van der Waals surface area contributed by atoms with Crippen LogP contribution in [0.4, 0.5) is 4.39 Å². The largest absolute Gasteiger partial charge is 0.493 e. The molecule has 3 rings (SSSR count). The number of halogens is 1. The van der Waals surface area contributed by atoms with E-state index in [0.29, 0.717) is 35.7 Å². The number of hydrogen-bond acceptors (Lipinski definition) is 5. The lowest BCUT2D eigenvalue weighted by Gasteiger charge is -2.24. The quantitative estimate of drug-likeness (QED) is 0.819. The lowest BCUT2D eigenvalue weighted by atomic mass is 9.99. The molecule has 0 unspecified atom stereocenters. The Hall–Kier alpha value is -2.61. The fourth-order valence-corrected chi connectivity index (χ4v) is 3.57. The Morgan fingerprint density at radius 3 is 2.64 bits per heavy atom. The molecule has 1 N–H and O–H groups in total. The molecule has 0 bridgehead atoms. The van der Waals surface area contributed by atoms with Gasteiger partial charge >= 0.3 is 0 Å². The van der Waals surface area contributed by atoms with E-state index in [1.807, 2.05) is 20.8 Å². The molecule has 1 aliphatic rings. The zero-order chi connectivity index (χ0) is 20.4. The summed E-state index contributed by atoms with van der Waals surface area (Å²) in [5.74, 6) is -0.0502. The van der Waals surface area contributed by atoms with E-state index in [-0.39, 0.29) is 24.7 Å². The van der Waals surface area contributed by atoms with Gasteiger partial charge in [0.25, 0.3) is 5.91 Å². The number of nitrogens with one attached hydrogen (secondary N) is 1. The van der Waals surface area contributed by atoms with Crippen molar-refractivity contribution < 1.29 is 23.4 Å². The molecule has 0 saturated heterocycles. The first-order valence-corrected chi connectivity index (χ1v) is 9.33. The standard InChI is InChI=1S/C20H26FN3O4/c1-6-24-19(14-7-11(2)28-12(3)18(14)23-24)20(25)22-10-13-8-16(26-4)17(27-5)9-15(13)21/h8-9,11-12H,6-7,10H2,1-5H3,(H,22,25)/t11-,12+/m0/s1. The molecule has 1 aliphatic heterocycles. The number of nitrogens with zero attached hydrogens (tertiary/aromatic N) is 2. The van der Waals surface area contributed by atoms with E-state index in [1.165, 1.54) is 26.4 Å². The molecule has 1 amide bonds. The highest BCUT2D eigenvalue weighted by atomic mass is 19.1. The number of fused-ring (bicyclic) bond motifs is 1. The third kappa shape index (κ3) is 3.69. The predicted octanol–water partition coefficient (Wildman–Crippen LogP) is 3.01. The second kappa shape index (κ2) is 8.18. The number of aryl methyl sites for hydroxylation is 1. The minimum atomic E-state index is -0.473. The van der Waals surface area contributed by atoms with Crippen molar-refractivity contribution in [2.75, 3.05) is 14.2 Å². The molecule has 1 aromatic carbocycles. The Kier molecular flexibility index (Phi) is 5.88. The first-order valence-electron chi connectivity index (χ1n) is 9.33. The average molecular weight is 391 g/mol. The Bertz CT molecular complexity index is 881. The van der Waals surface area contributed by atoms with Crippen LogP contribution in [0.3, 0.4) is 0 Å². The Morgan fingerprint density at radius 1 is 1.32 bits per heavy atom. The van der Waals surface area contributed by atoms with Crippen LogP contribution in [0.5, 0.6) is 11.5 Å². The molecule has 1 aromatic heterocycles. The SMILES string of the molecule is CCn1nc2c(c1C(=O)NCc1cc(OC)c(OC)cc1F)C[C@H](C)O[C@@H]2C. The van der Waals surface area contributed by atoms with Crippen molar-refractivity contribution in [2.24, 2.45) is 0 Å². The van der Waals surface area contributed by atoms with Crippen molar-refractivity contribution in [3.05, 3.63) is 40.5 Å². The van der Waals surface area contributed by atoms with Gasteiger partial charge in [0.15, 0.2) is 11.5 Å². The third-order valence-electron chi connectivity index (χ3n) is 4.90. The molecular weight excluding hydrogens is 365 g/mol. The summed E-state index contributed by atoms with van der Waals surface area (Å²) in [6, 6.07) is 2.78. The smallest absolute Gasteiger partial charge is 0.270 e. The van der Waals surface area contributed by atoms with E-state index in [2.05, 4.69) is 10.4 Å². The summed E-state index contributed by atoms with van der Waals surface area (Å²) < 4.78 is 32.2. The van der Waals surface area contributed by atoms with Crippen LogP contribution in [-0.4, -0.2) is 36.0 Å². The monoisotopic (exact) mass is 391 g/mol. The molecule has 2 atom stereocenters. The summed E-state index contributed by atoms with van der Waals surface area (Å²) >= 11 is 0. The van der Waals surface area contributed by atoms with Gasteiger partial charge in [-0.3, -0.25) is 9.48 Å². The van der Waals surface area contributed by atoms with Gasteiger partial charge in [-0.25, -0.2) is 4.39 Å². The van der Waals surface area contributed by atoms with Crippen LogP contribution < -0.4 is 14.8 Å². The number of rotatable bonds is 6. The number of carbonyl (C=O) groups is 1. The fraction of sp³-hybridized carbons (Fsp3) is 0.500. The minimum Gasteiger partial charge on any atom is -0.493 e. The number of methoxy groups -OCH3 is 2. The molecule has 0 saturated carbocycles. The summed E-state index contributed by atoms with van der Waals surface area (Å²) in [6.07, 6.45) is 0.459. The zero-order valence-corrected chi connectivity index (χ0v) is 16.8. The maximum Gasteiger partial charge on any atom is 0.270 e. The van der Waals surface area contributed by atoms with E-state index in [1.54, 1.807) is 4.68 Å². The van der Waals surface area contributed by atoms with Gasteiger partial charge in [-0.05, 0) is 26.8 Å². The van der Waals surface area contributed by atoms with Crippen LogP contribution in [0.1, 0.15) is 54.2 Å². The summed E-state index contributed by atoms with van der Waals surface area (Å²) in [5.41, 5.74) is 2.52. The van der Waals surface area contributed by atoms with Crippen molar-refractivity contribution in [1.29, 1.82) is 0 Å². The first kappa shape index (κ1) is 20.1. The first-order chi connectivity index (χ1) is 13.4. The predicted molar refractivity (Wildman–Crippen MR) is 101 cm³/mol. The molecule has 0 aliphatic carbocycles. The van der Waals surface area contributed by atoms with Gasteiger partial charge in [0.05, 0.1) is 32.1 Å². The van der Waals surface area contributed by atoms with Crippen LogP contribution in [0.15, 0.2) is 12.1 Å². The highest BCUT2D eigenvalue weighted by Crippen LogP contribution is 2.32. The molecule has 0 fully saturated rings. The summed E-state index contributed by atoms with van der Waals surface area (Å²) in [4.78, 5) is 12.9. The van der Waals surface area contributed by atoms with Crippen molar-refractivity contribution in [3.63, 3.8) is 0 Å². The van der Waals surface area contributed by atoms with E-state index >= 15 is 0 Å². The normalized spacial score (nSPS) is 18.5. The third-order valence-corrected chi connectivity index (χ3v) is 4.90. The van der Waals surface area contributed by atoms with Crippen molar-refractivity contribution >= 4 is 5.91 Å². The van der Waals surface area contributed by atoms with E-state index in [9.17, 15) is 9.18 Å². The highest BCUT2D eigenvalue weighted by molar-refractivity contribution is 5.94. The Labute approximate surface area is 163 Å². The average Bonchev–Trinajstić information content (AvgIpc) is 3.05. The second-order valence-corrected chi connectivity index (χ2v) is 6.80. The van der Waals surface area contributed by atoms with Crippen LogP contribution in [0.25, 0.3) is 0 Å². The topological polar surface area (TPSA) is 74.6 Å². The van der Waals surface area contributed by atoms with Gasteiger partial charge in [-0.2, -0.15) is 5.10 Å². The molecule has 28 heavy (non-hydrogen) atoms. The van der Waals surface area contributed by atoms with Gasteiger partial charge in [-0.1, -0.05) is 0 Å². The number of ether oxygens (including phenoxy) is 3. The van der Waals surface area contributed by atoms with Crippen LogP contribution in [0.2, 0.25) is 0 Å². The summed E-state index contributed by atoms with van der Waals surface area (Å²) in [5, 5.41) is 7.36. The number of aromatic nitrogens is 2. The highest BCUT2D eigenvalue weighted by Gasteiger charge is 2.31. The van der Waals surface area contributed by atoms with Crippen LogP contribution in [-0.2, 0) is 24.2 Å². The summed E-state index contributed by atoms with van der Waals surface area (Å²) in [7, 11) is 2.92. The van der Waals surface area contributed by atoms with Crippen molar-refractivity contribution in [3.8, 4) is 11.5 Å². The Balaban J connectivity index is 1.85. The lowest BCUT2D eigenvalue weighted by Crippen LogP contribution is -2.29. The zero-order valence-electron chi connectivity index (χ0n) is 16.8. The molecule has 152 valence electrons. The minimum absolute atomic E-state index is 0.00634. The molecule has 7 nitrogen and oxygen atoms in total. The van der Waals surface area contributed by atoms with Crippen LogP contribution in [0, 0.1) is 5.82 Å². The van der Waals surface area contributed by atoms with E-state index in [4.69, 9.17) is 14.2 Å². The number of hydrogen-bond donors (Lipinski definition) is 1.